The number of ether oxygens (including phenoxy) is 1. The summed E-state index contributed by atoms with van der Waals surface area (Å²) < 4.78 is 27.9. The van der Waals surface area contributed by atoms with E-state index in [0.29, 0.717) is 0 Å². The van der Waals surface area contributed by atoms with E-state index in [1.165, 1.54) is 23.5 Å². The molecule has 0 aliphatic carbocycles. The van der Waals surface area contributed by atoms with Gasteiger partial charge in [-0.15, -0.1) is 0 Å². The van der Waals surface area contributed by atoms with E-state index in [1.807, 2.05) is 0 Å². The Labute approximate surface area is 142 Å². The molecule has 0 spiro atoms. The maximum atomic E-state index is 11.9. The molecule has 10 heteroatoms. The summed E-state index contributed by atoms with van der Waals surface area (Å²) in [4.78, 5) is 11.2. The fourth-order valence-corrected chi connectivity index (χ4v) is 3.71. The molecule has 1 saturated heterocycles. The third-order valence-corrected chi connectivity index (χ3v) is 9.02. The molecule has 8 nitrogen and oxygen atoms in total. The van der Waals surface area contributed by atoms with Crippen molar-refractivity contribution >= 4 is 35.6 Å². The molecule has 1 fully saturated rings. The fourth-order valence-electron chi connectivity index (χ4n) is 2.15. The van der Waals surface area contributed by atoms with E-state index in [2.05, 4.69) is 4.51 Å². The van der Waals surface area contributed by atoms with E-state index in [-0.39, 0.29) is 12.2 Å². The van der Waals surface area contributed by atoms with Crippen LogP contribution < -0.4 is 10.3 Å². The number of amides is 1. The van der Waals surface area contributed by atoms with Crippen molar-refractivity contribution < 1.29 is 33.4 Å². The van der Waals surface area contributed by atoms with E-state index >= 15 is 0 Å². The maximum absolute atomic E-state index is 11.9. The van der Waals surface area contributed by atoms with Crippen LogP contribution >= 0.6 is 25.2 Å². The molecule has 2 rings (SSSR count). The predicted octanol–water partition coefficient (Wildman–Crippen LogP) is -0.0656. The molecule has 0 aromatic carbocycles. The maximum Gasteiger partial charge on any atom is 0.292 e. The first-order valence-corrected chi connectivity index (χ1v) is 13.1. The molecule has 5 atom stereocenters. The third kappa shape index (κ3) is 4.43. The van der Waals surface area contributed by atoms with Crippen LogP contribution in [-0.2, 0) is 13.8 Å². The lowest BCUT2D eigenvalue weighted by molar-refractivity contribution is -0.765. The number of hydrogen-bond donors (Lipinski definition) is 3. The minimum atomic E-state index is -2.73. The number of aromatic nitrogens is 1. The molecular formula is C13H19IN2O6P+. The first-order valence-electron chi connectivity index (χ1n) is 6.69. The number of aliphatic hydroxyl groups is 2. The van der Waals surface area contributed by atoms with Gasteiger partial charge in [-0.2, -0.15) is 4.57 Å². The molecule has 128 valence electrons. The zero-order valence-corrected chi connectivity index (χ0v) is 15.5. The molecule has 2 heterocycles. The van der Waals surface area contributed by atoms with Gasteiger partial charge in [-0.05, 0) is 26.2 Å². The number of hydrogen-bond acceptors (Lipinski definition) is 6. The van der Waals surface area contributed by atoms with E-state index in [9.17, 15) is 19.6 Å². The Morgan fingerprint density at radius 1 is 1.57 bits per heavy atom. The number of pyridine rings is 1. The Balaban J connectivity index is 2.13. The molecule has 1 amide bonds. The van der Waals surface area contributed by atoms with E-state index < -0.39 is 55.6 Å². The summed E-state index contributed by atoms with van der Waals surface area (Å²) in [5.74, 6) is -0.612. The number of carbonyl (C=O) groups excluding carboxylic acids is 1. The van der Waals surface area contributed by atoms with Crippen molar-refractivity contribution in [2.24, 2.45) is 5.73 Å². The summed E-state index contributed by atoms with van der Waals surface area (Å²) >= 11 is -0.828. The highest BCUT2D eigenvalue weighted by Gasteiger charge is 2.48. The molecule has 4 N–H and O–H groups in total. The Morgan fingerprint density at radius 3 is 2.87 bits per heavy atom. The quantitative estimate of drug-likeness (QED) is 0.313. The number of halogens is 1. The average Bonchev–Trinajstić information content (AvgIpc) is 2.81. The topological polar surface area (TPSA) is 123 Å². The molecule has 1 aliphatic heterocycles. The first-order chi connectivity index (χ1) is 10.7. The van der Waals surface area contributed by atoms with Gasteiger partial charge in [-0.25, -0.2) is 0 Å². The van der Waals surface area contributed by atoms with Crippen LogP contribution in [0.2, 0.25) is 0 Å². The monoisotopic (exact) mass is 457 g/mol. The Morgan fingerprint density at radius 2 is 2.26 bits per heavy atom. The zero-order chi connectivity index (χ0) is 17.2. The minimum absolute atomic E-state index is 0.103. The van der Waals surface area contributed by atoms with Crippen LogP contribution in [0.3, 0.4) is 0 Å². The van der Waals surface area contributed by atoms with Gasteiger partial charge < -0.3 is 25.2 Å². The molecule has 1 aromatic heterocycles. The number of aliphatic hydroxyl groups excluding tert-OH is 2. The summed E-state index contributed by atoms with van der Waals surface area (Å²) in [6, 6.07) is 3.11. The second-order valence-electron chi connectivity index (χ2n) is 5.11. The molecule has 23 heavy (non-hydrogen) atoms. The van der Waals surface area contributed by atoms with Crippen LogP contribution in [-0.4, -0.2) is 52.2 Å². The lowest BCUT2D eigenvalue weighted by Gasteiger charge is -2.15. The van der Waals surface area contributed by atoms with Crippen LogP contribution in [0, 0.1) is 0 Å². The standard InChI is InChI=1S/C13H18IN2O6P/c1-14-23(2,20)21-7-9-10(17)11(18)13(22-9)16-5-3-4-8(6-16)12(15)19/h3-6,9-11,13,17-18H,1,7H2,2H3,(H-,15,19)/p+1/t9-,10?,11?,13-,23?/m1/s1. The molecule has 3 unspecified atom stereocenters. The van der Waals surface area contributed by atoms with Crippen molar-refractivity contribution in [1.82, 2.24) is 0 Å². The van der Waals surface area contributed by atoms with Crippen molar-refractivity contribution in [3.63, 3.8) is 0 Å². The highest BCUT2D eigenvalue weighted by Crippen LogP contribution is 2.55. The fraction of sp³-hybridized carbons (Fsp3) is 0.462. The van der Waals surface area contributed by atoms with Crippen molar-refractivity contribution in [2.45, 2.75) is 24.5 Å². The van der Waals surface area contributed by atoms with Gasteiger partial charge in [0.15, 0.2) is 18.5 Å². The second-order valence-corrected chi connectivity index (χ2v) is 14.4. The summed E-state index contributed by atoms with van der Waals surface area (Å²) in [6.45, 7) is 1.39. The third-order valence-electron chi connectivity index (χ3n) is 3.42. The second kappa shape index (κ2) is 7.45. The number of nitrogens with two attached hydrogens (primary N) is 1. The minimum Gasteiger partial charge on any atom is -0.387 e. The number of rotatable bonds is 6. The predicted molar refractivity (Wildman–Crippen MR) is 91.7 cm³/mol. The smallest absolute Gasteiger partial charge is 0.292 e. The van der Waals surface area contributed by atoms with Crippen LogP contribution in [0.25, 0.3) is 0 Å². The molecule has 0 radical (unpaired) electrons. The lowest BCUT2D eigenvalue weighted by atomic mass is 10.1. The van der Waals surface area contributed by atoms with Crippen LogP contribution in [0.4, 0.5) is 0 Å². The highest BCUT2D eigenvalue weighted by molar-refractivity contribution is 14.2. The molecule has 0 saturated carbocycles. The highest BCUT2D eigenvalue weighted by atomic mass is 127. The van der Waals surface area contributed by atoms with Crippen LogP contribution in [0.15, 0.2) is 24.5 Å². The van der Waals surface area contributed by atoms with Crippen LogP contribution in [0.1, 0.15) is 16.6 Å². The van der Waals surface area contributed by atoms with E-state index in [4.69, 9.17) is 15.0 Å². The summed E-state index contributed by atoms with van der Waals surface area (Å²) in [7, 11) is 0. The van der Waals surface area contributed by atoms with Gasteiger partial charge in [-0.1, -0.05) is 4.51 Å². The Hall–Kier alpha value is -0.710. The van der Waals surface area contributed by atoms with E-state index in [1.54, 1.807) is 12.3 Å². The SMILES string of the molecule is C=IP(C)(=O)OC[C@H]1O[C@@H]([n+]2cccc(C(N)=O)c2)C(O)C1O. The summed E-state index contributed by atoms with van der Waals surface area (Å²) in [5, 5.41) is 17.5. The van der Waals surface area contributed by atoms with Crippen molar-refractivity contribution in [3.8, 4) is 0 Å². The largest absolute Gasteiger partial charge is 0.387 e. The van der Waals surface area contributed by atoms with Gasteiger partial charge in [0.1, 0.15) is 17.8 Å². The molecule has 1 aromatic rings. The van der Waals surface area contributed by atoms with Crippen LogP contribution in [0.5, 0.6) is 0 Å². The Bertz CT molecular complexity index is 657. The normalized spacial score (nSPS) is 30.0. The summed E-state index contributed by atoms with van der Waals surface area (Å²) in [5.41, 5.74) is 5.47. The van der Waals surface area contributed by atoms with Crippen molar-refractivity contribution in [2.75, 3.05) is 13.3 Å². The number of carbonyl (C=O) groups is 1. The van der Waals surface area contributed by atoms with Gasteiger partial charge in [-0.3, -0.25) is 9.36 Å². The number of primary amides is 1. The first kappa shape index (κ1) is 18.6. The number of nitrogens with zero attached hydrogens (tertiary/aromatic N) is 1. The van der Waals surface area contributed by atoms with Gasteiger partial charge >= 0.3 is 0 Å². The van der Waals surface area contributed by atoms with E-state index in [0.717, 1.165) is 0 Å². The molecular weight excluding hydrogens is 438 g/mol. The zero-order valence-electron chi connectivity index (χ0n) is 12.4. The van der Waals surface area contributed by atoms with Gasteiger partial charge in [0.05, 0.1) is 6.61 Å². The molecule has 0 bridgehead atoms. The average molecular weight is 457 g/mol. The Kier molecular flexibility index (Phi) is 6.04. The van der Waals surface area contributed by atoms with Gasteiger partial charge in [0.25, 0.3) is 17.1 Å². The van der Waals surface area contributed by atoms with Crippen molar-refractivity contribution in [3.05, 3.63) is 30.1 Å². The molecule has 1 aliphatic rings. The van der Waals surface area contributed by atoms with Gasteiger partial charge in [0.2, 0.25) is 0 Å². The lowest BCUT2D eigenvalue weighted by Crippen LogP contribution is -2.46. The van der Waals surface area contributed by atoms with Gasteiger partial charge in [0, 0.05) is 12.7 Å². The van der Waals surface area contributed by atoms with Crippen molar-refractivity contribution in [1.29, 1.82) is 0 Å². The summed E-state index contributed by atoms with van der Waals surface area (Å²) in [6.07, 6.45) is -1.14.